The van der Waals surface area contributed by atoms with Crippen molar-refractivity contribution in [3.8, 4) is 11.1 Å². The van der Waals surface area contributed by atoms with Crippen molar-refractivity contribution >= 4 is 22.6 Å². The minimum Gasteiger partial charge on any atom is -0.383 e. The molecule has 2 aromatic heterocycles. The summed E-state index contributed by atoms with van der Waals surface area (Å²) in [5, 5.41) is 4.04. The second kappa shape index (κ2) is 8.96. The molecule has 0 aliphatic carbocycles. The Balaban J connectivity index is 1.50. The maximum Gasteiger partial charge on any atom is 0.220 e. The summed E-state index contributed by atoms with van der Waals surface area (Å²) in [5.74, 6) is 0.453. The first-order valence-corrected chi connectivity index (χ1v) is 10.5. The number of anilines is 1. The molecule has 0 bridgehead atoms. The lowest BCUT2D eigenvalue weighted by Crippen LogP contribution is -2.27. The van der Waals surface area contributed by atoms with Crippen molar-refractivity contribution in [3.63, 3.8) is 0 Å². The van der Waals surface area contributed by atoms with Crippen LogP contribution in [0.1, 0.15) is 36.1 Å². The molecule has 1 unspecified atom stereocenters. The zero-order valence-electron chi connectivity index (χ0n) is 17.8. The Morgan fingerprint density at radius 2 is 1.94 bits per heavy atom. The fourth-order valence-electron chi connectivity index (χ4n) is 3.78. The molecule has 2 heterocycles. The Kier molecular flexibility index (Phi) is 5.94. The number of aryl methyl sites for hydroxylation is 2. The fourth-order valence-corrected chi connectivity index (χ4v) is 3.78. The average Bonchev–Trinajstić information content (AvgIpc) is 2.78. The minimum absolute atomic E-state index is 0.0236. The van der Waals surface area contributed by atoms with E-state index in [4.69, 9.17) is 5.73 Å². The fraction of sp³-hybridized carbons (Fsp3) is 0.192. The molecule has 4 rings (SSSR count). The molecule has 1 atom stereocenters. The lowest BCUT2D eigenvalue weighted by Gasteiger charge is -2.14. The smallest absolute Gasteiger partial charge is 0.220 e. The second-order valence-electron chi connectivity index (χ2n) is 7.83. The van der Waals surface area contributed by atoms with Crippen LogP contribution in [-0.4, -0.2) is 15.9 Å². The predicted molar refractivity (Wildman–Crippen MR) is 125 cm³/mol. The summed E-state index contributed by atoms with van der Waals surface area (Å²) in [5.41, 5.74) is 12.5. The third-order valence-electron chi connectivity index (χ3n) is 5.57. The number of carbonyl (C=O) groups excluding carboxylic acids is 1. The molecule has 1 amide bonds. The van der Waals surface area contributed by atoms with Gasteiger partial charge in [-0.3, -0.25) is 9.78 Å². The Hall–Kier alpha value is -3.73. The van der Waals surface area contributed by atoms with Crippen molar-refractivity contribution in [1.29, 1.82) is 0 Å². The monoisotopic (exact) mass is 410 g/mol. The normalized spacial score (nSPS) is 11.9. The van der Waals surface area contributed by atoms with Crippen molar-refractivity contribution in [2.75, 3.05) is 5.73 Å². The molecule has 156 valence electrons. The van der Waals surface area contributed by atoms with Crippen LogP contribution in [0.25, 0.3) is 22.0 Å². The third kappa shape index (κ3) is 4.72. The number of nitrogen functional groups attached to an aromatic ring is 1. The van der Waals surface area contributed by atoms with E-state index in [9.17, 15) is 4.79 Å². The summed E-state index contributed by atoms with van der Waals surface area (Å²) in [6.07, 6.45) is 4.37. The number of hydrogen-bond acceptors (Lipinski definition) is 4. The van der Waals surface area contributed by atoms with Gasteiger partial charge in [0.05, 0.1) is 11.6 Å². The SMILES string of the molecule is Cc1ccccc1-c1ccc2nc(N)c(CCC(=O)NC(C)c3cccnc3)cc2c1. The van der Waals surface area contributed by atoms with Crippen molar-refractivity contribution in [2.24, 2.45) is 0 Å². The van der Waals surface area contributed by atoms with E-state index >= 15 is 0 Å². The van der Waals surface area contributed by atoms with Gasteiger partial charge in [0.2, 0.25) is 5.91 Å². The molecule has 0 fully saturated rings. The van der Waals surface area contributed by atoms with Gasteiger partial charge in [-0.05, 0) is 72.4 Å². The number of benzene rings is 2. The second-order valence-corrected chi connectivity index (χ2v) is 7.83. The number of nitrogens with zero attached hydrogens (tertiary/aromatic N) is 2. The molecule has 0 aliphatic heterocycles. The molecular formula is C26H26N4O. The Morgan fingerprint density at radius 1 is 1.10 bits per heavy atom. The molecule has 0 saturated heterocycles. The first-order valence-electron chi connectivity index (χ1n) is 10.5. The number of fused-ring (bicyclic) bond motifs is 1. The van der Waals surface area contributed by atoms with Crippen LogP contribution in [0.15, 0.2) is 73.1 Å². The van der Waals surface area contributed by atoms with Gasteiger partial charge in [-0.25, -0.2) is 4.98 Å². The van der Waals surface area contributed by atoms with E-state index < -0.39 is 0 Å². The van der Waals surface area contributed by atoms with E-state index in [1.165, 1.54) is 11.1 Å². The summed E-state index contributed by atoms with van der Waals surface area (Å²) in [6.45, 7) is 4.06. The van der Waals surface area contributed by atoms with Crippen LogP contribution >= 0.6 is 0 Å². The summed E-state index contributed by atoms with van der Waals surface area (Å²) in [6, 6.07) is 20.3. The molecule has 0 radical (unpaired) electrons. The minimum atomic E-state index is -0.0926. The number of nitrogens with one attached hydrogen (secondary N) is 1. The summed E-state index contributed by atoms with van der Waals surface area (Å²) in [4.78, 5) is 21.1. The number of nitrogens with two attached hydrogens (primary N) is 1. The molecule has 2 aromatic carbocycles. The van der Waals surface area contributed by atoms with Crippen LogP contribution in [0.4, 0.5) is 5.82 Å². The van der Waals surface area contributed by atoms with Crippen molar-refractivity contribution in [1.82, 2.24) is 15.3 Å². The van der Waals surface area contributed by atoms with Gasteiger partial charge in [0.15, 0.2) is 0 Å². The van der Waals surface area contributed by atoms with E-state index in [1.807, 2.05) is 37.3 Å². The molecule has 5 heteroatoms. The van der Waals surface area contributed by atoms with Crippen molar-refractivity contribution in [2.45, 2.75) is 32.7 Å². The first-order chi connectivity index (χ1) is 15.0. The van der Waals surface area contributed by atoms with E-state index in [1.54, 1.807) is 12.4 Å². The summed E-state index contributed by atoms with van der Waals surface area (Å²) >= 11 is 0. The predicted octanol–water partition coefficient (Wildman–Crippen LogP) is 5.00. The van der Waals surface area contributed by atoms with Crippen molar-refractivity contribution in [3.05, 3.63) is 89.7 Å². The van der Waals surface area contributed by atoms with Gasteiger partial charge in [0.1, 0.15) is 5.82 Å². The van der Waals surface area contributed by atoms with E-state index in [0.717, 1.165) is 27.6 Å². The third-order valence-corrected chi connectivity index (χ3v) is 5.57. The zero-order chi connectivity index (χ0) is 21.8. The highest BCUT2D eigenvalue weighted by atomic mass is 16.1. The number of aromatic nitrogens is 2. The van der Waals surface area contributed by atoms with Gasteiger partial charge in [0, 0.05) is 24.2 Å². The van der Waals surface area contributed by atoms with Crippen LogP contribution < -0.4 is 11.1 Å². The first kappa shape index (κ1) is 20.5. The van der Waals surface area contributed by atoms with Crippen LogP contribution in [0.5, 0.6) is 0 Å². The summed E-state index contributed by atoms with van der Waals surface area (Å²) in [7, 11) is 0. The molecule has 0 aliphatic rings. The maximum absolute atomic E-state index is 12.5. The molecule has 5 nitrogen and oxygen atoms in total. The number of hydrogen-bond donors (Lipinski definition) is 2. The molecular weight excluding hydrogens is 384 g/mol. The van der Waals surface area contributed by atoms with Crippen molar-refractivity contribution < 1.29 is 4.79 Å². The number of amides is 1. The van der Waals surface area contributed by atoms with Gasteiger partial charge in [0.25, 0.3) is 0 Å². The zero-order valence-corrected chi connectivity index (χ0v) is 17.8. The lowest BCUT2D eigenvalue weighted by atomic mass is 9.98. The Labute approximate surface area is 182 Å². The maximum atomic E-state index is 12.5. The van der Waals surface area contributed by atoms with E-state index in [-0.39, 0.29) is 11.9 Å². The quantitative estimate of drug-likeness (QED) is 0.469. The highest BCUT2D eigenvalue weighted by Crippen LogP contribution is 2.28. The highest BCUT2D eigenvalue weighted by molar-refractivity contribution is 5.87. The Morgan fingerprint density at radius 3 is 2.71 bits per heavy atom. The van der Waals surface area contributed by atoms with Crippen LogP contribution in [0.3, 0.4) is 0 Å². The number of pyridine rings is 2. The standard InChI is InChI=1S/C26H26N4O/c1-17-6-3-4-8-23(17)19-9-11-24-22(14-19)15-20(26(27)30-24)10-12-25(31)29-18(2)21-7-5-13-28-16-21/h3-9,11,13-16,18H,10,12H2,1-2H3,(H2,27,30)(H,29,31). The van der Waals surface area contributed by atoms with Crippen LogP contribution in [0, 0.1) is 6.92 Å². The molecule has 31 heavy (non-hydrogen) atoms. The van der Waals surface area contributed by atoms with Gasteiger partial charge in [-0.15, -0.1) is 0 Å². The molecule has 0 saturated carbocycles. The number of rotatable bonds is 6. The highest BCUT2D eigenvalue weighted by Gasteiger charge is 2.12. The van der Waals surface area contributed by atoms with Gasteiger partial charge in [-0.2, -0.15) is 0 Å². The lowest BCUT2D eigenvalue weighted by molar-refractivity contribution is -0.121. The molecule has 4 aromatic rings. The molecule has 3 N–H and O–H groups in total. The van der Waals surface area contributed by atoms with Gasteiger partial charge < -0.3 is 11.1 Å². The van der Waals surface area contributed by atoms with Crippen LogP contribution in [0.2, 0.25) is 0 Å². The topological polar surface area (TPSA) is 80.9 Å². The van der Waals surface area contributed by atoms with E-state index in [0.29, 0.717) is 18.7 Å². The Bertz CT molecular complexity index is 1220. The van der Waals surface area contributed by atoms with Crippen LogP contribution in [-0.2, 0) is 11.2 Å². The summed E-state index contributed by atoms with van der Waals surface area (Å²) < 4.78 is 0. The molecule has 0 spiro atoms. The average molecular weight is 411 g/mol. The van der Waals surface area contributed by atoms with Gasteiger partial charge >= 0.3 is 0 Å². The number of carbonyl (C=O) groups is 1. The van der Waals surface area contributed by atoms with E-state index in [2.05, 4.69) is 52.5 Å². The largest absolute Gasteiger partial charge is 0.383 e. The van der Waals surface area contributed by atoms with Gasteiger partial charge in [-0.1, -0.05) is 36.4 Å².